The lowest BCUT2D eigenvalue weighted by Gasteiger charge is -2.36. The summed E-state index contributed by atoms with van der Waals surface area (Å²) in [4.78, 5) is 38.2. The number of benzene rings is 1. The minimum Gasteiger partial charge on any atom is -0.324 e. The summed E-state index contributed by atoms with van der Waals surface area (Å²) in [6.45, 7) is 1.68. The Morgan fingerprint density at radius 2 is 2.21 bits per heavy atom. The number of hydrogen-bond donors (Lipinski definition) is 2. The minimum absolute atomic E-state index is 0.0729. The topological polar surface area (TPSA) is 78.5 Å². The van der Waals surface area contributed by atoms with E-state index < -0.39 is 17.5 Å². The number of amides is 4. The van der Waals surface area contributed by atoms with E-state index in [1.54, 1.807) is 24.3 Å². The van der Waals surface area contributed by atoms with E-state index in [9.17, 15) is 14.4 Å². The number of nitrogens with zero attached hydrogens (tertiary/aromatic N) is 1. The van der Waals surface area contributed by atoms with Crippen LogP contribution in [0, 0.1) is 5.92 Å². The number of nitrogens with one attached hydrogen (secondary N) is 2. The van der Waals surface area contributed by atoms with Crippen molar-refractivity contribution in [2.24, 2.45) is 5.92 Å². The van der Waals surface area contributed by atoms with Crippen molar-refractivity contribution in [3.63, 3.8) is 0 Å². The Kier molecular flexibility index (Phi) is 4.49. The molecule has 3 rings (SSSR count). The first kappa shape index (κ1) is 16.8. The van der Waals surface area contributed by atoms with Crippen molar-refractivity contribution in [1.29, 1.82) is 0 Å². The molecule has 7 heteroatoms. The lowest BCUT2D eigenvalue weighted by molar-refractivity contribution is -0.136. The van der Waals surface area contributed by atoms with Gasteiger partial charge in [0.15, 0.2) is 0 Å². The van der Waals surface area contributed by atoms with Gasteiger partial charge in [-0.25, -0.2) is 4.79 Å². The third kappa shape index (κ3) is 2.98. The minimum atomic E-state index is -0.842. The molecule has 1 aromatic rings. The number of carbonyl (C=O) groups is 3. The van der Waals surface area contributed by atoms with E-state index in [1.807, 2.05) is 6.92 Å². The van der Waals surface area contributed by atoms with Gasteiger partial charge in [0.1, 0.15) is 12.1 Å². The molecule has 2 N–H and O–H groups in total. The molecule has 4 amide bonds. The predicted molar refractivity (Wildman–Crippen MR) is 90.7 cm³/mol. The quantitative estimate of drug-likeness (QED) is 0.823. The molecule has 1 aliphatic heterocycles. The Hall–Kier alpha value is -2.08. The van der Waals surface area contributed by atoms with Crippen LogP contribution >= 0.6 is 11.6 Å². The summed E-state index contributed by atoms with van der Waals surface area (Å²) in [5, 5.41) is 5.99. The van der Waals surface area contributed by atoms with Crippen LogP contribution in [0.4, 0.5) is 10.5 Å². The average molecular weight is 350 g/mol. The zero-order valence-electron chi connectivity index (χ0n) is 13.5. The van der Waals surface area contributed by atoms with Gasteiger partial charge < -0.3 is 10.6 Å². The molecule has 0 aromatic heterocycles. The number of rotatable bonds is 3. The van der Waals surface area contributed by atoms with Gasteiger partial charge in [-0.1, -0.05) is 37.4 Å². The SMILES string of the molecule is C[C@H]1CCCC[C@]12NC(=O)N(CC(=O)Nc1cccc(Cl)c1)C2=O. The highest BCUT2D eigenvalue weighted by Crippen LogP contribution is 2.38. The second-order valence-corrected chi connectivity index (χ2v) is 6.93. The Morgan fingerprint density at radius 3 is 2.92 bits per heavy atom. The molecule has 1 saturated carbocycles. The Bertz CT molecular complexity index is 693. The molecule has 1 aliphatic carbocycles. The lowest BCUT2D eigenvalue weighted by Crippen LogP contribution is -2.54. The van der Waals surface area contributed by atoms with Crippen molar-refractivity contribution in [3.05, 3.63) is 29.3 Å². The summed E-state index contributed by atoms with van der Waals surface area (Å²) in [5.74, 6) is -0.647. The first-order valence-corrected chi connectivity index (χ1v) is 8.50. The number of halogens is 1. The first-order chi connectivity index (χ1) is 11.4. The van der Waals surface area contributed by atoms with Crippen LogP contribution in [0.1, 0.15) is 32.6 Å². The molecule has 1 heterocycles. The van der Waals surface area contributed by atoms with E-state index in [1.165, 1.54) is 0 Å². The zero-order valence-corrected chi connectivity index (χ0v) is 14.2. The van der Waals surface area contributed by atoms with Crippen LogP contribution in [-0.4, -0.2) is 34.8 Å². The summed E-state index contributed by atoms with van der Waals surface area (Å²) in [6, 6.07) is 6.22. The highest BCUT2D eigenvalue weighted by molar-refractivity contribution is 6.30. The van der Waals surface area contributed by atoms with Crippen LogP contribution in [0.2, 0.25) is 5.02 Å². The van der Waals surface area contributed by atoms with Gasteiger partial charge in [0.2, 0.25) is 5.91 Å². The third-order valence-corrected chi connectivity index (χ3v) is 5.15. The van der Waals surface area contributed by atoms with Crippen molar-refractivity contribution in [3.8, 4) is 0 Å². The Labute approximate surface area is 145 Å². The summed E-state index contributed by atoms with van der Waals surface area (Å²) in [5.41, 5.74) is -0.314. The summed E-state index contributed by atoms with van der Waals surface area (Å²) < 4.78 is 0. The maximum absolute atomic E-state index is 12.8. The van der Waals surface area contributed by atoms with E-state index in [2.05, 4.69) is 10.6 Å². The maximum atomic E-state index is 12.8. The number of hydrogen-bond acceptors (Lipinski definition) is 3. The molecular formula is C17H20ClN3O3. The highest BCUT2D eigenvalue weighted by atomic mass is 35.5. The van der Waals surface area contributed by atoms with E-state index >= 15 is 0 Å². The van der Waals surface area contributed by atoms with Crippen molar-refractivity contribution in [1.82, 2.24) is 10.2 Å². The molecule has 2 aliphatic rings. The standard InChI is InChI=1S/C17H20ClN3O3/c1-11-5-2-3-8-17(11)15(23)21(16(24)20-17)10-14(22)19-13-7-4-6-12(18)9-13/h4,6-7,9,11H,2-3,5,8,10H2,1H3,(H,19,22)(H,20,24)/t11-,17-/m0/s1. The molecule has 0 bridgehead atoms. The molecule has 24 heavy (non-hydrogen) atoms. The molecule has 6 nitrogen and oxygen atoms in total. The highest BCUT2D eigenvalue weighted by Gasteiger charge is 2.55. The normalized spacial score (nSPS) is 26.6. The molecule has 0 radical (unpaired) electrons. The van der Waals surface area contributed by atoms with Crippen LogP contribution < -0.4 is 10.6 Å². The predicted octanol–water partition coefficient (Wildman–Crippen LogP) is 2.78. The molecule has 0 unspecified atom stereocenters. The maximum Gasteiger partial charge on any atom is 0.325 e. The van der Waals surface area contributed by atoms with Crippen LogP contribution in [-0.2, 0) is 9.59 Å². The van der Waals surface area contributed by atoms with E-state index in [-0.39, 0.29) is 18.4 Å². The molecule has 1 spiro atoms. The molecule has 2 atom stereocenters. The average Bonchev–Trinajstić information content (AvgIpc) is 2.75. The van der Waals surface area contributed by atoms with Gasteiger partial charge in [-0.15, -0.1) is 0 Å². The molecule has 2 fully saturated rings. The van der Waals surface area contributed by atoms with Crippen molar-refractivity contribution < 1.29 is 14.4 Å². The largest absolute Gasteiger partial charge is 0.325 e. The number of anilines is 1. The molecular weight excluding hydrogens is 330 g/mol. The van der Waals surface area contributed by atoms with Gasteiger partial charge in [-0.2, -0.15) is 0 Å². The number of urea groups is 1. The smallest absolute Gasteiger partial charge is 0.324 e. The second-order valence-electron chi connectivity index (χ2n) is 6.50. The fourth-order valence-electron chi connectivity index (χ4n) is 3.55. The van der Waals surface area contributed by atoms with Gasteiger partial charge in [-0.05, 0) is 37.0 Å². The lowest BCUT2D eigenvalue weighted by atomic mass is 9.73. The van der Waals surface area contributed by atoms with Gasteiger partial charge in [-0.3, -0.25) is 14.5 Å². The van der Waals surface area contributed by atoms with E-state index in [0.717, 1.165) is 24.2 Å². The first-order valence-electron chi connectivity index (χ1n) is 8.12. The second kappa shape index (κ2) is 6.43. The number of imide groups is 1. The van der Waals surface area contributed by atoms with Gasteiger partial charge >= 0.3 is 6.03 Å². The van der Waals surface area contributed by atoms with Gasteiger partial charge in [0.25, 0.3) is 5.91 Å². The van der Waals surface area contributed by atoms with Gasteiger partial charge in [0, 0.05) is 10.7 Å². The zero-order chi connectivity index (χ0) is 17.3. The van der Waals surface area contributed by atoms with Crippen LogP contribution in [0.3, 0.4) is 0 Å². The van der Waals surface area contributed by atoms with Crippen molar-refractivity contribution in [2.45, 2.75) is 38.1 Å². The monoisotopic (exact) mass is 349 g/mol. The fourth-order valence-corrected chi connectivity index (χ4v) is 3.74. The van der Waals surface area contributed by atoms with Gasteiger partial charge in [0.05, 0.1) is 0 Å². The fraction of sp³-hybridized carbons (Fsp3) is 0.471. The van der Waals surface area contributed by atoms with Crippen molar-refractivity contribution >= 4 is 35.1 Å². The van der Waals surface area contributed by atoms with Crippen molar-refractivity contribution in [2.75, 3.05) is 11.9 Å². The molecule has 1 saturated heterocycles. The summed E-state index contributed by atoms with van der Waals surface area (Å²) in [6.07, 6.45) is 3.49. The summed E-state index contributed by atoms with van der Waals surface area (Å²) >= 11 is 5.88. The number of carbonyl (C=O) groups excluding carboxylic acids is 3. The van der Waals surface area contributed by atoms with E-state index in [0.29, 0.717) is 17.1 Å². The van der Waals surface area contributed by atoms with Crippen LogP contribution in [0.5, 0.6) is 0 Å². The Balaban J connectivity index is 1.70. The molecule has 128 valence electrons. The van der Waals surface area contributed by atoms with E-state index in [4.69, 9.17) is 11.6 Å². The van der Waals surface area contributed by atoms with Crippen LogP contribution in [0.25, 0.3) is 0 Å². The van der Waals surface area contributed by atoms with Crippen LogP contribution in [0.15, 0.2) is 24.3 Å². The molecule has 1 aromatic carbocycles. The third-order valence-electron chi connectivity index (χ3n) is 4.91. The summed E-state index contributed by atoms with van der Waals surface area (Å²) in [7, 11) is 0. The Morgan fingerprint density at radius 1 is 1.42 bits per heavy atom.